The van der Waals surface area contributed by atoms with Gasteiger partial charge in [-0.05, 0) is 49.5 Å². The third-order valence-electron chi connectivity index (χ3n) is 4.59. The second kappa shape index (κ2) is 6.99. The summed E-state index contributed by atoms with van der Waals surface area (Å²) in [5.41, 5.74) is 0.926. The van der Waals surface area contributed by atoms with Crippen molar-refractivity contribution in [3.05, 3.63) is 52.8 Å². The van der Waals surface area contributed by atoms with E-state index in [9.17, 15) is 9.50 Å². The minimum Gasteiger partial charge on any atom is -0.385 e. The van der Waals surface area contributed by atoms with E-state index in [4.69, 9.17) is 11.6 Å². The number of halogens is 2. The van der Waals surface area contributed by atoms with Crippen molar-refractivity contribution >= 4 is 11.6 Å². The SMILES string of the molecule is Cn1ccnc1C(O)C1CCN(Cc2ccc(Cl)c(F)c2)CC1. The maximum Gasteiger partial charge on any atom is 0.142 e. The zero-order valence-corrected chi connectivity index (χ0v) is 13.9. The number of aryl methyl sites for hydroxylation is 1. The predicted molar refractivity (Wildman–Crippen MR) is 87.6 cm³/mol. The van der Waals surface area contributed by atoms with Crippen LogP contribution in [0.5, 0.6) is 0 Å². The predicted octanol–water partition coefficient (Wildman–Crippen LogP) is 3.16. The highest BCUT2D eigenvalue weighted by molar-refractivity contribution is 6.30. The van der Waals surface area contributed by atoms with Crippen LogP contribution in [0.15, 0.2) is 30.6 Å². The van der Waals surface area contributed by atoms with Gasteiger partial charge in [-0.15, -0.1) is 0 Å². The summed E-state index contributed by atoms with van der Waals surface area (Å²) in [5.74, 6) is 0.571. The number of benzene rings is 1. The van der Waals surface area contributed by atoms with Crippen molar-refractivity contribution in [2.24, 2.45) is 13.0 Å². The van der Waals surface area contributed by atoms with Gasteiger partial charge in [-0.1, -0.05) is 17.7 Å². The molecule has 6 heteroatoms. The van der Waals surface area contributed by atoms with E-state index in [1.54, 1.807) is 12.3 Å². The first-order valence-corrected chi connectivity index (χ1v) is 8.24. The topological polar surface area (TPSA) is 41.3 Å². The molecule has 0 radical (unpaired) electrons. The first-order valence-electron chi connectivity index (χ1n) is 7.86. The third kappa shape index (κ3) is 3.74. The molecule has 0 aliphatic carbocycles. The van der Waals surface area contributed by atoms with Crippen LogP contribution in [0.2, 0.25) is 5.02 Å². The van der Waals surface area contributed by atoms with Crippen LogP contribution in [-0.2, 0) is 13.6 Å². The lowest BCUT2D eigenvalue weighted by Crippen LogP contribution is -2.35. The molecule has 1 unspecified atom stereocenters. The first kappa shape index (κ1) is 16.4. The van der Waals surface area contributed by atoms with Gasteiger partial charge in [0.2, 0.25) is 0 Å². The molecule has 1 aliphatic rings. The van der Waals surface area contributed by atoms with E-state index in [1.807, 2.05) is 23.9 Å². The summed E-state index contributed by atoms with van der Waals surface area (Å²) in [4.78, 5) is 6.52. The van der Waals surface area contributed by atoms with Gasteiger partial charge >= 0.3 is 0 Å². The summed E-state index contributed by atoms with van der Waals surface area (Å²) >= 11 is 5.71. The molecule has 1 aromatic heterocycles. The fraction of sp³-hybridized carbons (Fsp3) is 0.471. The van der Waals surface area contributed by atoms with Gasteiger partial charge in [-0.2, -0.15) is 0 Å². The molecule has 124 valence electrons. The van der Waals surface area contributed by atoms with Crippen LogP contribution in [0.1, 0.15) is 30.3 Å². The molecular formula is C17H21ClFN3O. The average molecular weight is 338 g/mol. The molecule has 0 saturated carbocycles. The molecule has 23 heavy (non-hydrogen) atoms. The number of imidazole rings is 1. The summed E-state index contributed by atoms with van der Waals surface area (Å²) in [5, 5.41) is 10.6. The van der Waals surface area contributed by atoms with Gasteiger partial charge in [0, 0.05) is 26.0 Å². The summed E-state index contributed by atoms with van der Waals surface area (Å²) in [6, 6.07) is 4.96. The second-order valence-corrected chi connectivity index (χ2v) is 6.61. The van der Waals surface area contributed by atoms with Crippen molar-refractivity contribution in [1.82, 2.24) is 14.5 Å². The highest BCUT2D eigenvalue weighted by Crippen LogP contribution is 2.30. The average Bonchev–Trinajstić information content (AvgIpc) is 2.97. The maximum absolute atomic E-state index is 13.5. The Kier molecular flexibility index (Phi) is 4.99. The monoisotopic (exact) mass is 337 g/mol. The van der Waals surface area contributed by atoms with Crippen LogP contribution in [0.25, 0.3) is 0 Å². The zero-order chi connectivity index (χ0) is 16.4. The zero-order valence-electron chi connectivity index (χ0n) is 13.1. The third-order valence-corrected chi connectivity index (χ3v) is 4.90. The van der Waals surface area contributed by atoms with Crippen LogP contribution in [0, 0.1) is 11.7 Å². The van der Waals surface area contributed by atoms with Crippen molar-refractivity contribution in [3.8, 4) is 0 Å². The van der Waals surface area contributed by atoms with Crippen molar-refractivity contribution in [2.75, 3.05) is 13.1 Å². The molecule has 0 amide bonds. The van der Waals surface area contributed by atoms with Crippen LogP contribution in [0.3, 0.4) is 0 Å². The minimum absolute atomic E-state index is 0.158. The van der Waals surface area contributed by atoms with Crippen LogP contribution in [0.4, 0.5) is 4.39 Å². The van der Waals surface area contributed by atoms with E-state index in [1.165, 1.54) is 6.07 Å². The molecule has 0 bridgehead atoms. The Morgan fingerprint density at radius 1 is 1.39 bits per heavy atom. The highest BCUT2D eigenvalue weighted by atomic mass is 35.5. The molecule has 2 aromatic rings. The molecule has 2 heterocycles. The smallest absolute Gasteiger partial charge is 0.142 e. The van der Waals surface area contributed by atoms with E-state index in [0.29, 0.717) is 6.54 Å². The molecular weight excluding hydrogens is 317 g/mol. The van der Waals surface area contributed by atoms with Gasteiger partial charge in [0.05, 0.1) is 5.02 Å². The van der Waals surface area contributed by atoms with E-state index in [2.05, 4.69) is 9.88 Å². The minimum atomic E-state index is -0.523. The normalized spacial score (nSPS) is 18.3. The molecule has 0 spiro atoms. The van der Waals surface area contributed by atoms with Crippen LogP contribution in [-0.4, -0.2) is 32.6 Å². The van der Waals surface area contributed by atoms with Gasteiger partial charge in [0.25, 0.3) is 0 Å². The number of nitrogens with zero attached hydrogens (tertiary/aromatic N) is 3. The van der Waals surface area contributed by atoms with Crippen molar-refractivity contribution in [3.63, 3.8) is 0 Å². The lowest BCUT2D eigenvalue weighted by Gasteiger charge is -2.34. The fourth-order valence-electron chi connectivity index (χ4n) is 3.20. The van der Waals surface area contributed by atoms with Gasteiger partial charge in [-0.25, -0.2) is 9.37 Å². The molecule has 1 N–H and O–H groups in total. The van der Waals surface area contributed by atoms with Crippen molar-refractivity contribution < 1.29 is 9.50 Å². The largest absolute Gasteiger partial charge is 0.385 e. The Labute approximate surface area is 140 Å². The molecule has 3 rings (SSSR count). The van der Waals surface area contributed by atoms with Gasteiger partial charge < -0.3 is 9.67 Å². The van der Waals surface area contributed by atoms with Crippen LogP contribution < -0.4 is 0 Å². The molecule has 1 aliphatic heterocycles. The van der Waals surface area contributed by atoms with Crippen molar-refractivity contribution in [1.29, 1.82) is 0 Å². The number of rotatable bonds is 4. The molecule has 1 saturated heterocycles. The van der Waals surface area contributed by atoms with Gasteiger partial charge in [0.15, 0.2) is 0 Å². The quantitative estimate of drug-likeness (QED) is 0.931. The molecule has 1 aromatic carbocycles. The van der Waals surface area contributed by atoms with E-state index >= 15 is 0 Å². The van der Waals surface area contributed by atoms with E-state index in [-0.39, 0.29) is 16.8 Å². The number of aliphatic hydroxyl groups excluding tert-OH is 1. The highest BCUT2D eigenvalue weighted by Gasteiger charge is 2.28. The van der Waals surface area contributed by atoms with Gasteiger partial charge in [0.1, 0.15) is 17.7 Å². The Hall–Kier alpha value is -1.43. The number of aromatic nitrogens is 2. The van der Waals surface area contributed by atoms with Crippen LogP contribution >= 0.6 is 11.6 Å². The van der Waals surface area contributed by atoms with E-state index < -0.39 is 6.10 Å². The molecule has 1 fully saturated rings. The first-order chi connectivity index (χ1) is 11.0. The Bertz CT molecular complexity index is 668. The number of hydrogen-bond donors (Lipinski definition) is 1. The summed E-state index contributed by atoms with van der Waals surface area (Å²) in [6.45, 7) is 2.48. The fourth-order valence-corrected chi connectivity index (χ4v) is 3.31. The number of aliphatic hydroxyl groups is 1. The Morgan fingerprint density at radius 2 is 2.13 bits per heavy atom. The number of piperidine rings is 1. The van der Waals surface area contributed by atoms with E-state index in [0.717, 1.165) is 37.3 Å². The Morgan fingerprint density at radius 3 is 2.74 bits per heavy atom. The standard InChI is InChI=1S/C17H21ClFN3O/c1-21-9-6-20-17(21)16(23)13-4-7-22(8-5-13)11-12-2-3-14(18)15(19)10-12/h2-3,6,9-10,13,16,23H,4-5,7-8,11H2,1H3. The Balaban J connectivity index is 1.56. The maximum atomic E-state index is 13.5. The molecule has 4 nitrogen and oxygen atoms in total. The van der Waals surface area contributed by atoms with Gasteiger partial charge in [-0.3, -0.25) is 4.90 Å². The second-order valence-electron chi connectivity index (χ2n) is 6.20. The van der Waals surface area contributed by atoms with Crippen molar-refractivity contribution in [2.45, 2.75) is 25.5 Å². The lowest BCUT2D eigenvalue weighted by molar-refractivity contribution is 0.0492. The lowest BCUT2D eigenvalue weighted by atomic mass is 9.90. The molecule has 1 atom stereocenters. The number of hydrogen-bond acceptors (Lipinski definition) is 3. The summed E-state index contributed by atoms with van der Waals surface area (Å²) < 4.78 is 15.4. The summed E-state index contributed by atoms with van der Waals surface area (Å²) in [7, 11) is 1.90. The number of likely N-dealkylation sites (tertiary alicyclic amines) is 1. The summed E-state index contributed by atoms with van der Waals surface area (Å²) in [6.07, 6.45) is 4.85.